The number of aromatic nitrogens is 1. The third-order valence-electron chi connectivity index (χ3n) is 5.92. The molecular weight excluding hydrogens is 420 g/mol. The smallest absolute Gasteiger partial charge is 0.224 e. The van der Waals surface area contributed by atoms with E-state index in [1.54, 1.807) is 0 Å². The zero-order valence-electron chi connectivity index (χ0n) is 18.7. The number of nitrogens with one attached hydrogen (secondary N) is 2. The highest BCUT2D eigenvalue weighted by Gasteiger charge is 2.20. The maximum absolute atomic E-state index is 12.5. The minimum absolute atomic E-state index is 0.0537. The summed E-state index contributed by atoms with van der Waals surface area (Å²) < 4.78 is 0.972. The van der Waals surface area contributed by atoms with Crippen LogP contribution < -0.4 is 10.6 Å². The number of carbonyl (C=O) groups is 2. The molecule has 1 aromatic heterocycles. The van der Waals surface area contributed by atoms with Crippen molar-refractivity contribution in [2.24, 2.45) is 5.92 Å². The summed E-state index contributed by atoms with van der Waals surface area (Å²) in [5, 5.41) is 6.43. The average molecular weight is 451 g/mol. The third kappa shape index (κ3) is 6.14. The van der Waals surface area contributed by atoms with E-state index in [0.29, 0.717) is 17.5 Å². The van der Waals surface area contributed by atoms with Gasteiger partial charge in [0.1, 0.15) is 0 Å². The van der Waals surface area contributed by atoms with Crippen LogP contribution in [0, 0.1) is 12.8 Å². The van der Waals surface area contributed by atoms with Gasteiger partial charge in [0.05, 0.1) is 16.6 Å². The normalized spacial score (nSPS) is 15.1. The van der Waals surface area contributed by atoms with Crippen molar-refractivity contribution in [1.29, 1.82) is 0 Å². The molecule has 1 aliphatic heterocycles. The van der Waals surface area contributed by atoms with Crippen LogP contribution in [0.3, 0.4) is 0 Å². The molecule has 1 saturated heterocycles. The molecule has 0 spiro atoms. The SMILES string of the molecule is CC(=O)Nc1nc2ccc(CC(=O)NCC3CCN(Cc4ccc(C)cc4)CC3)cc2s1. The molecule has 3 aromatic rings. The molecule has 7 heteroatoms. The predicted octanol–water partition coefficient (Wildman–Crippen LogP) is 4.13. The maximum Gasteiger partial charge on any atom is 0.224 e. The van der Waals surface area contributed by atoms with E-state index < -0.39 is 0 Å². The van der Waals surface area contributed by atoms with Crippen LogP contribution in [-0.2, 0) is 22.6 Å². The highest BCUT2D eigenvalue weighted by molar-refractivity contribution is 7.22. The van der Waals surface area contributed by atoms with Gasteiger partial charge in [0, 0.05) is 20.0 Å². The van der Waals surface area contributed by atoms with Crippen molar-refractivity contribution in [2.75, 3.05) is 25.0 Å². The number of thiazole rings is 1. The molecule has 1 aliphatic rings. The van der Waals surface area contributed by atoms with E-state index in [4.69, 9.17) is 0 Å². The summed E-state index contributed by atoms with van der Waals surface area (Å²) in [6.45, 7) is 7.48. The molecule has 4 rings (SSSR count). The number of nitrogens with zero attached hydrogens (tertiary/aromatic N) is 2. The van der Waals surface area contributed by atoms with Gasteiger partial charge in [-0.2, -0.15) is 0 Å². The Morgan fingerprint density at radius 3 is 2.53 bits per heavy atom. The first kappa shape index (κ1) is 22.4. The Balaban J connectivity index is 1.21. The Bertz CT molecular complexity index is 1090. The minimum atomic E-state index is -0.135. The van der Waals surface area contributed by atoms with Crippen molar-refractivity contribution in [1.82, 2.24) is 15.2 Å². The zero-order valence-corrected chi connectivity index (χ0v) is 19.5. The van der Waals surface area contributed by atoms with Crippen LogP contribution in [0.25, 0.3) is 10.2 Å². The van der Waals surface area contributed by atoms with E-state index >= 15 is 0 Å². The van der Waals surface area contributed by atoms with Gasteiger partial charge in [-0.1, -0.05) is 47.2 Å². The van der Waals surface area contributed by atoms with Crippen LogP contribution in [0.1, 0.15) is 36.5 Å². The lowest BCUT2D eigenvalue weighted by Crippen LogP contribution is -2.38. The van der Waals surface area contributed by atoms with Gasteiger partial charge in [-0.3, -0.25) is 14.5 Å². The van der Waals surface area contributed by atoms with Crippen LogP contribution in [-0.4, -0.2) is 41.3 Å². The van der Waals surface area contributed by atoms with Gasteiger partial charge in [0.2, 0.25) is 11.8 Å². The second-order valence-electron chi connectivity index (χ2n) is 8.69. The first-order chi connectivity index (χ1) is 15.4. The Kier molecular flexibility index (Phi) is 7.17. The topological polar surface area (TPSA) is 74.3 Å². The summed E-state index contributed by atoms with van der Waals surface area (Å²) in [5.41, 5.74) is 4.45. The number of piperidine rings is 1. The molecule has 32 heavy (non-hydrogen) atoms. The number of anilines is 1. The van der Waals surface area contributed by atoms with Crippen molar-refractivity contribution >= 4 is 38.5 Å². The molecule has 1 fully saturated rings. The van der Waals surface area contributed by atoms with Crippen molar-refractivity contribution < 1.29 is 9.59 Å². The number of carbonyl (C=O) groups excluding carboxylic acids is 2. The first-order valence-corrected chi connectivity index (χ1v) is 12.0. The summed E-state index contributed by atoms with van der Waals surface area (Å²) in [5.74, 6) is 0.458. The van der Waals surface area contributed by atoms with Crippen molar-refractivity contribution in [2.45, 2.75) is 39.7 Å². The highest BCUT2D eigenvalue weighted by atomic mass is 32.1. The molecular formula is C25H30N4O2S. The molecule has 2 heterocycles. The minimum Gasteiger partial charge on any atom is -0.356 e. The van der Waals surface area contributed by atoms with Crippen LogP contribution >= 0.6 is 11.3 Å². The Hall–Kier alpha value is -2.77. The zero-order chi connectivity index (χ0) is 22.5. The highest BCUT2D eigenvalue weighted by Crippen LogP contribution is 2.27. The molecule has 0 saturated carbocycles. The number of likely N-dealkylation sites (tertiary alicyclic amines) is 1. The molecule has 6 nitrogen and oxygen atoms in total. The largest absolute Gasteiger partial charge is 0.356 e. The summed E-state index contributed by atoms with van der Waals surface area (Å²) in [7, 11) is 0. The van der Waals surface area contributed by atoms with Crippen molar-refractivity contribution in [3.05, 3.63) is 59.2 Å². The molecule has 0 radical (unpaired) electrons. The molecule has 0 atom stereocenters. The second kappa shape index (κ2) is 10.2. The lowest BCUT2D eigenvalue weighted by Gasteiger charge is -2.32. The Morgan fingerprint density at radius 1 is 1.09 bits per heavy atom. The predicted molar refractivity (Wildman–Crippen MR) is 130 cm³/mol. The summed E-state index contributed by atoms with van der Waals surface area (Å²) in [6.07, 6.45) is 2.59. The van der Waals surface area contributed by atoms with E-state index in [9.17, 15) is 9.59 Å². The number of amides is 2. The first-order valence-electron chi connectivity index (χ1n) is 11.2. The van der Waals surface area contributed by atoms with Crippen LogP contribution in [0.2, 0.25) is 0 Å². The van der Waals surface area contributed by atoms with Gasteiger partial charge in [0.25, 0.3) is 0 Å². The van der Waals surface area contributed by atoms with Gasteiger partial charge in [-0.05, 0) is 62.0 Å². The number of fused-ring (bicyclic) bond motifs is 1. The quantitative estimate of drug-likeness (QED) is 0.568. The summed E-state index contributed by atoms with van der Waals surface area (Å²) in [6, 6.07) is 14.6. The number of benzene rings is 2. The van der Waals surface area contributed by atoms with E-state index in [1.165, 1.54) is 29.4 Å². The third-order valence-corrected chi connectivity index (χ3v) is 6.86. The number of hydrogen-bond acceptors (Lipinski definition) is 5. The van der Waals surface area contributed by atoms with E-state index in [2.05, 4.69) is 51.7 Å². The van der Waals surface area contributed by atoms with Gasteiger partial charge >= 0.3 is 0 Å². The number of rotatable bonds is 7. The molecule has 2 amide bonds. The summed E-state index contributed by atoms with van der Waals surface area (Å²) in [4.78, 5) is 30.6. The Labute approximate surface area is 193 Å². The fourth-order valence-electron chi connectivity index (χ4n) is 4.09. The lowest BCUT2D eigenvalue weighted by atomic mass is 9.96. The lowest BCUT2D eigenvalue weighted by molar-refractivity contribution is -0.120. The fraction of sp³-hybridized carbons (Fsp3) is 0.400. The van der Waals surface area contributed by atoms with Gasteiger partial charge in [-0.15, -0.1) is 0 Å². The number of aryl methyl sites for hydroxylation is 1. The Morgan fingerprint density at radius 2 is 1.81 bits per heavy atom. The second-order valence-corrected chi connectivity index (χ2v) is 9.72. The monoisotopic (exact) mass is 450 g/mol. The van der Waals surface area contributed by atoms with Gasteiger partial charge in [0.15, 0.2) is 5.13 Å². The van der Waals surface area contributed by atoms with Crippen molar-refractivity contribution in [3.63, 3.8) is 0 Å². The van der Waals surface area contributed by atoms with Crippen LogP contribution in [0.4, 0.5) is 5.13 Å². The molecule has 2 aromatic carbocycles. The van der Waals surface area contributed by atoms with E-state index in [0.717, 1.165) is 54.8 Å². The number of hydrogen-bond donors (Lipinski definition) is 2. The maximum atomic E-state index is 12.5. The van der Waals surface area contributed by atoms with Crippen molar-refractivity contribution in [3.8, 4) is 0 Å². The molecule has 168 valence electrons. The van der Waals surface area contributed by atoms with E-state index in [-0.39, 0.29) is 11.8 Å². The summed E-state index contributed by atoms with van der Waals surface area (Å²) >= 11 is 1.42. The molecule has 2 N–H and O–H groups in total. The van der Waals surface area contributed by atoms with E-state index in [1.807, 2.05) is 18.2 Å². The molecule has 0 aliphatic carbocycles. The van der Waals surface area contributed by atoms with Crippen LogP contribution in [0.15, 0.2) is 42.5 Å². The van der Waals surface area contributed by atoms with Gasteiger partial charge in [-0.25, -0.2) is 4.98 Å². The standard InChI is InChI=1S/C25H30N4O2S/c1-17-3-5-20(6-4-17)16-29-11-9-19(10-12-29)15-26-24(31)14-21-7-8-22-23(13-21)32-25(28-22)27-18(2)30/h3-8,13,19H,9-12,14-16H2,1-2H3,(H,26,31)(H,27,28,30). The fourth-order valence-corrected chi connectivity index (χ4v) is 5.07. The molecule has 0 bridgehead atoms. The molecule has 0 unspecified atom stereocenters. The average Bonchev–Trinajstić information content (AvgIpc) is 3.15. The van der Waals surface area contributed by atoms with Crippen LogP contribution in [0.5, 0.6) is 0 Å². The van der Waals surface area contributed by atoms with Gasteiger partial charge < -0.3 is 10.6 Å².